The molecule has 0 aliphatic carbocycles. The van der Waals surface area contributed by atoms with Crippen molar-refractivity contribution in [2.24, 2.45) is 11.8 Å². The molecule has 0 aromatic carbocycles. The van der Waals surface area contributed by atoms with Gasteiger partial charge in [-0.1, -0.05) is 34.1 Å². The Labute approximate surface area is 115 Å². The second kappa shape index (κ2) is 8.16. The van der Waals surface area contributed by atoms with E-state index in [1.54, 1.807) is 0 Å². The van der Waals surface area contributed by atoms with E-state index in [1.807, 2.05) is 0 Å². The van der Waals surface area contributed by atoms with E-state index in [0.29, 0.717) is 12.1 Å². The third kappa shape index (κ3) is 5.27. The first-order chi connectivity index (χ1) is 8.54. The van der Waals surface area contributed by atoms with Crippen LogP contribution in [0.5, 0.6) is 0 Å². The zero-order valence-electron chi connectivity index (χ0n) is 13.2. The molecule has 1 aliphatic heterocycles. The lowest BCUT2D eigenvalue weighted by molar-refractivity contribution is 0.162. The SMILES string of the molecule is CCC1CCCN(C(C)C(C)CNC(C)C)CC1. The van der Waals surface area contributed by atoms with Gasteiger partial charge in [0, 0.05) is 12.1 Å². The molecular formula is C16H34N2. The van der Waals surface area contributed by atoms with Gasteiger partial charge in [-0.05, 0) is 57.7 Å². The van der Waals surface area contributed by atoms with Crippen LogP contribution in [0.3, 0.4) is 0 Å². The van der Waals surface area contributed by atoms with Gasteiger partial charge >= 0.3 is 0 Å². The molecule has 1 saturated heterocycles. The molecule has 0 saturated carbocycles. The van der Waals surface area contributed by atoms with Gasteiger partial charge in [0.15, 0.2) is 0 Å². The summed E-state index contributed by atoms with van der Waals surface area (Å²) in [5.74, 6) is 1.72. The van der Waals surface area contributed by atoms with E-state index in [0.717, 1.165) is 18.4 Å². The topological polar surface area (TPSA) is 15.3 Å². The Morgan fingerprint density at radius 1 is 1.11 bits per heavy atom. The molecular weight excluding hydrogens is 220 g/mol. The van der Waals surface area contributed by atoms with Gasteiger partial charge in [0.1, 0.15) is 0 Å². The Balaban J connectivity index is 2.37. The fourth-order valence-corrected chi connectivity index (χ4v) is 2.96. The normalized spacial score (nSPS) is 26.0. The molecule has 0 bridgehead atoms. The third-order valence-electron chi connectivity index (χ3n) is 4.71. The van der Waals surface area contributed by atoms with Crippen LogP contribution in [0.4, 0.5) is 0 Å². The highest BCUT2D eigenvalue weighted by Gasteiger charge is 2.23. The molecule has 1 rings (SSSR count). The van der Waals surface area contributed by atoms with Crippen LogP contribution in [-0.2, 0) is 0 Å². The van der Waals surface area contributed by atoms with E-state index >= 15 is 0 Å². The Morgan fingerprint density at radius 2 is 1.83 bits per heavy atom. The smallest absolute Gasteiger partial charge is 0.0105 e. The van der Waals surface area contributed by atoms with Crippen LogP contribution in [0.15, 0.2) is 0 Å². The van der Waals surface area contributed by atoms with Crippen LogP contribution in [0.2, 0.25) is 0 Å². The van der Waals surface area contributed by atoms with Crippen molar-refractivity contribution in [2.75, 3.05) is 19.6 Å². The molecule has 0 radical (unpaired) electrons. The number of hydrogen-bond donors (Lipinski definition) is 1. The standard InChI is InChI=1S/C16H34N2/c1-6-16-8-7-10-18(11-9-16)15(5)14(4)12-17-13(2)3/h13-17H,6-12H2,1-5H3. The van der Waals surface area contributed by atoms with E-state index < -0.39 is 0 Å². The van der Waals surface area contributed by atoms with E-state index in [-0.39, 0.29) is 0 Å². The highest BCUT2D eigenvalue weighted by molar-refractivity contribution is 4.78. The monoisotopic (exact) mass is 254 g/mol. The van der Waals surface area contributed by atoms with Gasteiger partial charge in [0.05, 0.1) is 0 Å². The highest BCUT2D eigenvalue weighted by Crippen LogP contribution is 2.23. The second-order valence-electron chi connectivity index (χ2n) is 6.52. The molecule has 0 amide bonds. The highest BCUT2D eigenvalue weighted by atomic mass is 15.2. The molecule has 1 aliphatic rings. The van der Waals surface area contributed by atoms with Crippen molar-refractivity contribution < 1.29 is 0 Å². The van der Waals surface area contributed by atoms with Crippen LogP contribution in [0, 0.1) is 11.8 Å². The molecule has 1 fully saturated rings. The molecule has 1 N–H and O–H groups in total. The first-order valence-corrected chi connectivity index (χ1v) is 8.02. The van der Waals surface area contributed by atoms with Crippen molar-refractivity contribution >= 4 is 0 Å². The minimum absolute atomic E-state index is 0.605. The molecule has 0 aromatic rings. The zero-order valence-corrected chi connectivity index (χ0v) is 13.2. The summed E-state index contributed by atoms with van der Waals surface area (Å²) in [4.78, 5) is 2.72. The van der Waals surface area contributed by atoms with Gasteiger partial charge < -0.3 is 10.2 Å². The lowest BCUT2D eigenvalue weighted by Gasteiger charge is -2.33. The van der Waals surface area contributed by atoms with Gasteiger partial charge in [0.25, 0.3) is 0 Å². The van der Waals surface area contributed by atoms with Crippen molar-refractivity contribution in [3.63, 3.8) is 0 Å². The summed E-state index contributed by atoms with van der Waals surface area (Å²) in [7, 11) is 0. The average Bonchev–Trinajstić information content (AvgIpc) is 2.60. The number of likely N-dealkylation sites (tertiary alicyclic amines) is 1. The molecule has 3 atom stereocenters. The minimum atomic E-state index is 0.605. The predicted octanol–water partition coefficient (Wildman–Crippen LogP) is 3.52. The summed E-state index contributed by atoms with van der Waals surface area (Å²) in [5, 5.41) is 3.57. The van der Waals surface area contributed by atoms with Gasteiger partial charge in [-0.15, -0.1) is 0 Å². The van der Waals surface area contributed by atoms with Gasteiger partial charge in [-0.25, -0.2) is 0 Å². The van der Waals surface area contributed by atoms with Crippen LogP contribution >= 0.6 is 0 Å². The van der Waals surface area contributed by atoms with Gasteiger partial charge in [0.2, 0.25) is 0 Å². The number of nitrogens with zero attached hydrogens (tertiary/aromatic N) is 1. The van der Waals surface area contributed by atoms with E-state index in [4.69, 9.17) is 0 Å². The summed E-state index contributed by atoms with van der Waals surface area (Å²) < 4.78 is 0. The molecule has 3 unspecified atom stereocenters. The fraction of sp³-hybridized carbons (Fsp3) is 1.00. The van der Waals surface area contributed by atoms with Crippen molar-refractivity contribution in [2.45, 2.75) is 72.4 Å². The molecule has 108 valence electrons. The van der Waals surface area contributed by atoms with Crippen molar-refractivity contribution in [3.05, 3.63) is 0 Å². The van der Waals surface area contributed by atoms with Crippen LogP contribution in [0.1, 0.15) is 60.3 Å². The van der Waals surface area contributed by atoms with Crippen molar-refractivity contribution in [1.29, 1.82) is 0 Å². The largest absolute Gasteiger partial charge is 0.314 e. The molecule has 18 heavy (non-hydrogen) atoms. The van der Waals surface area contributed by atoms with Crippen LogP contribution in [0.25, 0.3) is 0 Å². The lowest BCUT2D eigenvalue weighted by atomic mass is 9.98. The summed E-state index contributed by atoms with van der Waals surface area (Å²) in [6.07, 6.45) is 5.61. The number of nitrogens with one attached hydrogen (secondary N) is 1. The quantitative estimate of drug-likeness (QED) is 0.780. The summed E-state index contributed by atoms with van der Waals surface area (Å²) >= 11 is 0. The maximum atomic E-state index is 3.57. The maximum absolute atomic E-state index is 3.57. The maximum Gasteiger partial charge on any atom is 0.0105 e. The second-order valence-corrected chi connectivity index (χ2v) is 6.52. The molecule has 1 heterocycles. The lowest BCUT2D eigenvalue weighted by Crippen LogP contribution is -2.42. The van der Waals surface area contributed by atoms with Crippen LogP contribution < -0.4 is 5.32 Å². The van der Waals surface area contributed by atoms with Crippen molar-refractivity contribution in [1.82, 2.24) is 10.2 Å². The minimum Gasteiger partial charge on any atom is -0.314 e. The summed E-state index contributed by atoms with van der Waals surface area (Å²) in [6.45, 7) is 15.4. The summed E-state index contributed by atoms with van der Waals surface area (Å²) in [5.41, 5.74) is 0. The van der Waals surface area contributed by atoms with E-state index in [1.165, 1.54) is 38.8 Å². The first kappa shape index (κ1) is 16.0. The number of hydrogen-bond acceptors (Lipinski definition) is 2. The Morgan fingerprint density at radius 3 is 2.44 bits per heavy atom. The zero-order chi connectivity index (χ0) is 13.5. The van der Waals surface area contributed by atoms with E-state index in [9.17, 15) is 0 Å². The Bertz CT molecular complexity index is 215. The average molecular weight is 254 g/mol. The van der Waals surface area contributed by atoms with Gasteiger partial charge in [-0.2, -0.15) is 0 Å². The Kier molecular flexibility index (Phi) is 7.25. The molecule has 0 aromatic heterocycles. The molecule has 2 nitrogen and oxygen atoms in total. The van der Waals surface area contributed by atoms with Gasteiger partial charge in [-0.3, -0.25) is 0 Å². The van der Waals surface area contributed by atoms with E-state index in [2.05, 4.69) is 44.8 Å². The molecule has 0 spiro atoms. The number of rotatable bonds is 6. The van der Waals surface area contributed by atoms with Crippen molar-refractivity contribution in [3.8, 4) is 0 Å². The Hall–Kier alpha value is -0.0800. The van der Waals surface area contributed by atoms with Crippen LogP contribution in [-0.4, -0.2) is 36.6 Å². The first-order valence-electron chi connectivity index (χ1n) is 8.02. The molecule has 2 heteroatoms. The summed E-state index contributed by atoms with van der Waals surface area (Å²) in [6, 6.07) is 1.32. The predicted molar refractivity (Wildman–Crippen MR) is 81.0 cm³/mol. The fourth-order valence-electron chi connectivity index (χ4n) is 2.96. The third-order valence-corrected chi connectivity index (χ3v) is 4.71.